The van der Waals surface area contributed by atoms with E-state index in [1.807, 2.05) is 37.3 Å². The van der Waals surface area contributed by atoms with E-state index >= 15 is 0 Å². The molecule has 5 aromatic rings. The molecular formula is C33H39F4N9O3Si. The lowest BCUT2D eigenvalue weighted by molar-refractivity contribution is -0.136. The first-order valence-electron chi connectivity index (χ1n) is 16.3. The highest BCUT2D eigenvalue weighted by Crippen LogP contribution is 2.33. The van der Waals surface area contributed by atoms with Gasteiger partial charge in [0, 0.05) is 40.4 Å². The molecule has 1 saturated heterocycles. The molecule has 12 nitrogen and oxygen atoms in total. The van der Waals surface area contributed by atoms with Crippen LogP contribution in [0, 0.1) is 5.82 Å². The monoisotopic (exact) mass is 713 g/mol. The Balaban J connectivity index is 1.25. The van der Waals surface area contributed by atoms with E-state index in [2.05, 4.69) is 45.0 Å². The summed E-state index contributed by atoms with van der Waals surface area (Å²) in [5.41, 5.74) is 0.0712. The average Bonchev–Trinajstić information content (AvgIpc) is 3.67. The Morgan fingerprint density at radius 1 is 1.04 bits per heavy atom. The molecule has 1 N–H and O–H groups in total. The van der Waals surface area contributed by atoms with Crippen LogP contribution in [0.4, 0.5) is 34.3 Å². The topological polar surface area (TPSA) is 115 Å². The Hall–Kier alpha value is -4.77. The first-order valence-corrected chi connectivity index (χ1v) is 20.0. The van der Waals surface area contributed by atoms with Gasteiger partial charge in [-0.1, -0.05) is 56.0 Å². The van der Waals surface area contributed by atoms with Crippen LogP contribution >= 0.6 is 0 Å². The predicted octanol–water partition coefficient (Wildman–Crippen LogP) is 6.40. The number of piperazine rings is 1. The summed E-state index contributed by atoms with van der Waals surface area (Å²) in [6, 6.07) is 14.5. The van der Waals surface area contributed by atoms with Crippen molar-refractivity contribution >= 4 is 42.7 Å². The summed E-state index contributed by atoms with van der Waals surface area (Å²) in [6.45, 7) is 10.0. The normalized spacial score (nSPS) is 15.6. The number of alkyl halides is 3. The van der Waals surface area contributed by atoms with Crippen LogP contribution in [0.15, 0.2) is 54.7 Å². The minimum absolute atomic E-state index is 0.0175. The van der Waals surface area contributed by atoms with E-state index in [-0.39, 0.29) is 63.0 Å². The van der Waals surface area contributed by atoms with Crippen LogP contribution in [0.5, 0.6) is 0 Å². The summed E-state index contributed by atoms with van der Waals surface area (Å²) >= 11 is 0. The molecule has 0 saturated carbocycles. The highest BCUT2D eigenvalue weighted by atomic mass is 28.3. The molecule has 3 aromatic heterocycles. The van der Waals surface area contributed by atoms with E-state index in [0.717, 1.165) is 16.1 Å². The van der Waals surface area contributed by atoms with Crippen LogP contribution in [-0.4, -0.2) is 80.5 Å². The number of fused-ring (bicyclic) bond motifs is 2. The molecule has 1 amide bonds. The molecule has 4 heterocycles. The maximum absolute atomic E-state index is 14.8. The van der Waals surface area contributed by atoms with Gasteiger partial charge < -0.3 is 29.2 Å². The number of ether oxygens (including phenoxy) is 2. The van der Waals surface area contributed by atoms with Crippen molar-refractivity contribution in [1.29, 1.82) is 0 Å². The van der Waals surface area contributed by atoms with Crippen LogP contribution in [-0.2, 0) is 35.5 Å². The van der Waals surface area contributed by atoms with E-state index in [1.54, 1.807) is 26.5 Å². The number of aromatic nitrogens is 6. The van der Waals surface area contributed by atoms with Gasteiger partial charge in [0.2, 0.25) is 11.9 Å². The quantitative estimate of drug-likeness (QED) is 0.0943. The molecule has 6 rings (SSSR count). The van der Waals surface area contributed by atoms with E-state index in [1.165, 1.54) is 6.07 Å². The SMILES string of the molecule is C[C@H]1CN(C(=O)OCc2ccccc2)CCN1c1nc(NCc2nc3c(F)cccc3n2COCC[Si](C)(C)C)n2ncc(C(F)(F)F)c2n1. The Bertz CT molecular complexity index is 1960. The molecule has 1 aliphatic heterocycles. The zero-order valence-corrected chi connectivity index (χ0v) is 29.2. The molecule has 1 fully saturated rings. The fourth-order valence-corrected chi connectivity index (χ4v) is 6.43. The predicted molar refractivity (Wildman–Crippen MR) is 182 cm³/mol. The van der Waals surface area contributed by atoms with E-state index in [9.17, 15) is 22.4 Å². The highest BCUT2D eigenvalue weighted by Gasteiger charge is 2.37. The average molecular weight is 714 g/mol. The van der Waals surface area contributed by atoms with Gasteiger partial charge in [-0.3, -0.25) is 0 Å². The fourth-order valence-electron chi connectivity index (χ4n) is 5.67. The Kier molecular flexibility index (Phi) is 9.97. The molecule has 1 aliphatic rings. The Morgan fingerprint density at radius 2 is 1.82 bits per heavy atom. The minimum atomic E-state index is -4.73. The number of para-hydroxylation sites is 1. The van der Waals surface area contributed by atoms with Crippen molar-refractivity contribution in [2.24, 2.45) is 0 Å². The number of nitrogens with zero attached hydrogens (tertiary/aromatic N) is 8. The van der Waals surface area contributed by atoms with E-state index in [0.29, 0.717) is 24.1 Å². The van der Waals surface area contributed by atoms with E-state index < -0.39 is 37.4 Å². The number of hydrogen-bond acceptors (Lipinski definition) is 9. The zero-order chi connectivity index (χ0) is 35.6. The van der Waals surface area contributed by atoms with Gasteiger partial charge >= 0.3 is 12.3 Å². The maximum atomic E-state index is 14.8. The number of rotatable bonds is 11. The van der Waals surface area contributed by atoms with Gasteiger partial charge in [0.1, 0.15) is 30.2 Å². The second-order valence-electron chi connectivity index (χ2n) is 13.4. The van der Waals surface area contributed by atoms with Gasteiger partial charge in [-0.05, 0) is 30.7 Å². The molecule has 266 valence electrons. The molecular weight excluding hydrogens is 675 g/mol. The number of benzene rings is 2. The molecule has 0 spiro atoms. The van der Waals surface area contributed by atoms with Crippen molar-refractivity contribution in [3.8, 4) is 0 Å². The molecule has 50 heavy (non-hydrogen) atoms. The van der Waals surface area contributed by atoms with Crippen LogP contribution in [0.25, 0.3) is 16.7 Å². The summed E-state index contributed by atoms with van der Waals surface area (Å²) < 4.78 is 71.2. The van der Waals surface area contributed by atoms with Crippen LogP contribution < -0.4 is 10.2 Å². The van der Waals surface area contributed by atoms with Crippen molar-refractivity contribution in [3.63, 3.8) is 0 Å². The second kappa shape index (κ2) is 14.2. The summed E-state index contributed by atoms with van der Waals surface area (Å²) in [6.07, 6.45) is -4.51. The van der Waals surface area contributed by atoms with Crippen molar-refractivity contribution in [2.75, 3.05) is 36.5 Å². The second-order valence-corrected chi connectivity index (χ2v) is 19.1. The smallest absolute Gasteiger partial charge is 0.421 e. The standard InChI is InChI=1S/C33H39F4N9O3Si/c1-22-19-43(32(47)49-20-23-9-6-5-7-10-23)13-14-44(22)31-41-29-24(33(35,36)37)17-39-46(29)30(42-31)38-18-27-40-28-25(34)11-8-12-26(28)45(27)21-48-15-16-50(2,3)4/h5-12,17,22H,13-16,18-21H2,1-4H3,(H,38,41,42)/t22-/m0/s1. The number of nitrogens with one attached hydrogen (secondary N) is 1. The lowest BCUT2D eigenvalue weighted by atomic mass is 10.2. The fraction of sp³-hybridized carbons (Fsp3) is 0.424. The molecule has 0 aliphatic carbocycles. The van der Waals surface area contributed by atoms with Crippen LogP contribution in [0.1, 0.15) is 23.9 Å². The first kappa shape index (κ1) is 35.1. The van der Waals surface area contributed by atoms with Gasteiger partial charge in [-0.2, -0.15) is 32.8 Å². The first-order chi connectivity index (χ1) is 23.8. The van der Waals surface area contributed by atoms with Gasteiger partial charge in [-0.25, -0.2) is 14.2 Å². The zero-order valence-electron chi connectivity index (χ0n) is 28.2. The summed E-state index contributed by atoms with van der Waals surface area (Å²) in [5.74, 6) is -0.0953. The number of carbonyl (C=O) groups excluding carboxylic acids is 1. The van der Waals surface area contributed by atoms with Crippen molar-refractivity contribution < 1.29 is 31.8 Å². The van der Waals surface area contributed by atoms with Crippen LogP contribution in [0.3, 0.4) is 0 Å². The van der Waals surface area contributed by atoms with Crippen LogP contribution in [0.2, 0.25) is 25.7 Å². The summed E-state index contributed by atoms with van der Waals surface area (Å²) in [7, 11) is -1.36. The van der Waals surface area contributed by atoms with Crippen molar-refractivity contribution in [1.82, 2.24) is 34.0 Å². The number of amides is 1. The van der Waals surface area contributed by atoms with E-state index in [4.69, 9.17) is 9.47 Å². The third kappa shape index (κ3) is 7.83. The number of hydrogen-bond donors (Lipinski definition) is 1. The van der Waals surface area contributed by atoms with Gasteiger partial charge in [0.15, 0.2) is 11.5 Å². The third-order valence-corrected chi connectivity index (χ3v) is 10.1. The molecule has 1 atom stereocenters. The lowest BCUT2D eigenvalue weighted by Crippen LogP contribution is -2.54. The summed E-state index contributed by atoms with van der Waals surface area (Å²) in [5, 5.41) is 7.03. The number of halogens is 4. The number of imidazole rings is 1. The maximum Gasteiger partial charge on any atom is 0.421 e. The minimum Gasteiger partial charge on any atom is -0.445 e. The van der Waals surface area contributed by atoms with Gasteiger partial charge in [-0.15, -0.1) is 0 Å². The van der Waals surface area contributed by atoms with Crippen molar-refractivity contribution in [3.05, 3.63) is 77.5 Å². The largest absolute Gasteiger partial charge is 0.445 e. The number of carbonyl (C=O) groups is 1. The molecule has 0 unspecified atom stereocenters. The molecule has 2 aromatic carbocycles. The molecule has 0 bridgehead atoms. The number of anilines is 2. The van der Waals surface area contributed by atoms with Gasteiger partial charge in [0.25, 0.3) is 0 Å². The highest BCUT2D eigenvalue weighted by molar-refractivity contribution is 6.76. The molecule has 17 heteroatoms. The Morgan fingerprint density at radius 3 is 2.54 bits per heavy atom. The lowest BCUT2D eigenvalue weighted by Gasteiger charge is -2.39. The van der Waals surface area contributed by atoms with Gasteiger partial charge in [0.05, 0.1) is 18.3 Å². The van der Waals surface area contributed by atoms with Crippen molar-refractivity contribution in [2.45, 2.75) is 64.7 Å². The summed E-state index contributed by atoms with van der Waals surface area (Å²) in [4.78, 5) is 29.5. The third-order valence-electron chi connectivity index (χ3n) is 8.44. The Labute approximate surface area is 287 Å². The molecule has 0 radical (unpaired) electrons.